The van der Waals surface area contributed by atoms with Gasteiger partial charge in [0.1, 0.15) is 0 Å². The SMILES string of the molecule is NC(=O)CN1CCC(C(=O)N2CC(c3ccccn3)C2)CC1. The minimum atomic E-state index is -0.300. The Morgan fingerprint density at radius 2 is 1.95 bits per heavy atom. The smallest absolute Gasteiger partial charge is 0.231 e. The maximum absolute atomic E-state index is 12.5. The van der Waals surface area contributed by atoms with Crippen molar-refractivity contribution in [1.82, 2.24) is 14.8 Å². The molecule has 0 unspecified atom stereocenters. The quantitative estimate of drug-likeness (QED) is 0.862. The lowest BCUT2D eigenvalue weighted by molar-refractivity contribution is -0.141. The molecule has 2 aliphatic heterocycles. The first-order valence-corrected chi connectivity index (χ1v) is 7.84. The fraction of sp³-hybridized carbons (Fsp3) is 0.562. The van der Waals surface area contributed by atoms with Crippen molar-refractivity contribution in [2.24, 2.45) is 11.7 Å². The highest BCUT2D eigenvalue weighted by molar-refractivity contribution is 5.80. The van der Waals surface area contributed by atoms with Gasteiger partial charge in [-0.3, -0.25) is 19.5 Å². The Morgan fingerprint density at radius 3 is 2.55 bits per heavy atom. The highest BCUT2D eigenvalue weighted by Gasteiger charge is 2.36. The molecule has 0 bridgehead atoms. The average molecular weight is 302 g/mol. The average Bonchev–Trinajstić information content (AvgIpc) is 2.47. The van der Waals surface area contributed by atoms with Gasteiger partial charge in [0.05, 0.1) is 6.54 Å². The number of primary amides is 1. The standard InChI is InChI=1S/C16H22N4O2/c17-15(21)11-19-7-4-12(5-8-19)16(22)20-9-13(10-20)14-3-1-2-6-18-14/h1-3,6,12-13H,4-5,7-11H2,(H2,17,21). The van der Waals surface area contributed by atoms with Crippen molar-refractivity contribution in [3.63, 3.8) is 0 Å². The molecule has 2 fully saturated rings. The highest BCUT2D eigenvalue weighted by Crippen LogP contribution is 2.29. The highest BCUT2D eigenvalue weighted by atomic mass is 16.2. The molecular weight excluding hydrogens is 280 g/mol. The predicted octanol–water partition coefficient (Wildman–Crippen LogP) is 0.205. The molecule has 6 heteroatoms. The van der Waals surface area contributed by atoms with Crippen LogP contribution in [-0.4, -0.2) is 59.3 Å². The zero-order valence-corrected chi connectivity index (χ0v) is 12.6. The minimum Gasteiger partial charge on any atom is -0.369 e. The second kappa shape index (κ2) is 6.44. The fourth-order valence-corrected chi connectivity index (χ4v) is 3.28. The monoisotopic (exact) mass is 302 g/mol. The normalized spacial score (nSPS) is 20.6. The molecule has 118 valence electrons. The van der Waals surface area contributed by atoms with E-state index >= 15 is 0 Å². The van der Waals surface area contributed by atoms with Crippen LogP contribution in [0.1, 0.15) is 24.5 Å². The molecular formula is C16H22N4O2. The Balaban J connectivity index is 1.45. The molecule has 1 aromatic rings. The number of aromatic nitrogens is 1. The number of nitrogens with two attached hydrogens (primary N) is 1. The van der Waals surface area contributed by atoms with Crippen molar-refractivity contribution in [3.8, 4) is 0 Å². The number of nitrogens with zero attached hydrogens (tertiary/aromatic N) is 3. The van der Waals surface area contributed by atoms with Gasteiger partial charge in [-0.05, 0) is 38.1 Å². The first-order chi connectivity index (χ1) is 10.6. The zero-order chi connectivity index (χ0) is 15.5. The van der Waals surface area contributed by atoms with Crippen LogP contribution in [0, 0.1) is 5.92 Å². The molecule has 0 saturated carbocycles. The predicted molar refractivity (Wildman–Crippen MR) is 81.9 cm³/mol. The van der Waals surface area contributed by atoms with E-state index in [-0.39, 0.29) is 17.7 Å². The summed E-state index contributed by atoms with van der Waals surface area (Å²) in [6.45, 7) is 3.40. The Hall–Kier alpha value is -1.95. The second-order valence-electron chi connectivity index (χ2n) is 6.21. The molecule has 2 aliphatic rings. The lowest BCUT2D eigenvalue weighted by Crippen LogP contribution is -2.52. The molecule has 0 atom stereocenters. The maximum atomic E-state index is 12.5. The summed E-state index contributed by atoms with van der Waals surface area (Å²) >= 11 is 0. The van der Waals surface area contributed by atoms with Gasteiger partial charge in [0.25, 0.3) is 0 Å². The van der Waals surface area contributed by atoms with Gasteiger partial charge >= 0.3 is 0 Å². The Kier molecular flexibility index (Phi) is 4.38. The summed E-state index contributed by atoms with van der Waals surface area (Å²) in [5.41, 5.74) is 6.28. The van der Waals surface area contributed by atoms with E-state index in [2.05, 4.69) is 4.98 Å². The van der Waals surface area contributed by atoms with Gasteiger partial charge in [-0.15, -0.1) is 0 Å². The molecule has 22 heavy (non-hydrogen) atoms. The van der Waals surface area contributed by atoms with Crippen LogP contribution < -0.4 is 5.73 Å². The minimum absolute atomic E-state index is 0.0915. The molecule has 0 spiro atoms. The van der Waals surface area contributed by atoms with Gasteiger partial charge in [0, 0.05) is 36.8 Å². The van der Waals surface area contributed by atoms with Crippen molar-refractivity contribution < 1.29 is 9.59 Å². The van der Waals surface area contributed by atoms with E-state index in [0.717, 1.165) is 44.7 Å². The molecule has 1 aromatic heterocycles. The van der Waals surface area contributed by atoms with Crippen LogP contribution in [-0.2, 0) is 9.59 Å². The Labute approximate surface area is 130 Å². The molecule has 3 heterocycles. The largest absolute Gasteiger partial charge is 0.369 e. The summed E-state index contributed by atoms with van der Waals surface area (Å²) in [5, 5.41) is 0. The summed E-state index contributed by atoms with van der Waals surface area (Å²) in [4.78, 5) is 31.7. The third-order valence-corrected chi connectivity index (χ3v) is 4.62. The van der Waals surface area contributed by atoms with Crippen molar-refractivity contribution in [3.05, 3.63) is 30.1 Å². The molecule has 0 aromatic carbocycles. The Morgan fingerprint density at radius 1 is 1.23 bits per heavy atom. The first kappa shape index (κ1) is 15.0. The lowest BCUT2D eigenvalue weighted by Gasteiger charge is -2.42. The van der Waals surface area contributed by atoms with Gasteiger partial charge in [-0.25, -0.2) is 0 Å². The van der Waals surface area contributed by atoms with E-state index in [4.69, 9.17) is 5.73 Å². The summed E-state index contributed by atoms with van der Waals surface area (Å²) in [7, 11) is 0. The summed E-state index contributed by atoms with van der Waals surface area (Å²) < 4.78 is 0. The molecule has 3 rings (SSSR count). The second-order valence-corrected chi connectivity index (χ2v) is 6.21. The van der Waals surface area contributed by atoms with Gasteiger partial charge < -0.3 is 10.6 Å². The number of amides is 2. The molecule has 2 N–H and O–H groups in total. The van der Waals surface area contributed by atoms with Crippen LogP contribution in [0.3, 0.4) is 0 Å². The van der Waals surface area contributed by atoms with Gasteiger partial charge in [0.15, 0.2) is 0 Å². The van der Waals surface area contributed by atoms with Crippen LogP contribution in [0.25, 0.3) is 0 Å². The van der Waals surface area contributed by atoms with E-state index in [1.54, 1.807) is 6.20 Å². The van der Waals surface area contributed by atoms with Crippen LogP contribution in [0.4, 0.5) is 0 Å². The number of pyridine rings is 1. The maximum Gasteiger partial charge on any atom is 0.231 e. The third kappa shape index (κ3) is 3.27. The van der Waals surface area contributed by atoms with Crippen molar-refractivity contribution in [2.75, 3.05) is 32.7 Å². The summed E-state index contributed by atoms with van der Waals surface area (Å²) in [6, 6.07) is 5.92. The molecule has 2 saturated heterocycles. The van der Waals surface area contributed by atoms with Crippen molar-refractivity contribution in [2.45, 2.75) is 18.8 Å². The molecule has 0 radical (unpaired) electrons. The molecule has 6 nitrogen and oxygen atoms in total. The van der Waals surface area contributed by atoms with E-state index in [1.165, 1.54) is 0 Å². The first-order valence-electron chi connectivity index (χ1n) is 7.84. The van der Waals surface area contributed by atoms with Gasteiger partial charge in [-0.2, -0.15) is 0 Å². The number of likely N-dealkylation sites (tertiary alicyclic amines) is 2. The number of hydrogen-bond donors (Lipinski definition) is 1. The van der Waals surface area contributed by atoms with Crippen molar-refractivity contribution in [1.29, 1.82) is 0 Å². The number of carbonyl (C=O) groups is 2. The van der Waals surface area contributed by atoms with Crippen LogP contribution >= 0.6 is 0 Å². The Bertz CT molecular complexity index is 534. The summed E-state index contributed by atoms with van der Waals surface area (Å²) in [5.74, 6) is 0.422. The van der Waals surface area contributed by atoms with E-state index in [1.807, 2.05) is 28.0 Å². The lowest BCUT2D eigenvalue weighted by atomic mass is 9.90. The third-order valence-electron chi connectivity index (χ3n) is 4.62. The van der Waals surface area contributed by atoms with Crippen LogP contribution in [0.5, 0.6) is 0 Å². The number of hydrogen-bond acceptors (Lipinski definition) is 4. The topological polar surface area (TPSA) is 79.5 Å². The molecule has 2 amide bonds. The summed E-state index contributed by atoms with van der Waals surface area (Å²) in [6.07, 6.45) is 3.43. The fourth-order valence-electron chi connectivity index (χ4n) is 3.28. The number of piperidine rings is 1. The van der Waals surface area contributed by atoms with Gasteiger partial charge in [-0.1, -0.05) is 6.07 Å². The zero-order valence-electron chi connectivity index (χ0n) is 12.6. The van der Waals surface area contributed by atoms with Crippen LogP contribution in [0.15, 0.2) is 24.4 Å². The number of carbonyl (C=O) groups excluding carboxylic acids is 2. The van der Waals surface area contributed by atoms with E-state index in [9.17, 15) is 9.59 Å². The van der Waals surface area contributed by atoms with E-state index < -0.39 is 0 Å². The number of rotatable bonds is 4. The van der Waals surface area contributed by atoms with E-state index in [0.29, 0.717) is 12.5 Å². The van der Waals surface area contributed by atoms with Gasteiger partial charge in [0.2, 0.25) is 11.8 Å². The van der Waals surface area contributed by atoms with Crippen LogP contribution in [0.2, 0.25) is 0 Å². The van der Waals surface area contributed by atoms with Crippen molar-refractivity contribution >= 4 is 11.8 Å². The molecule has 0 aliphatic carbocycles.